The van der Waals surface area contributed by atoms with Gasteiger partial charge in [0.1, 0.15) is 11.6 Å². The van der Waals surface area contributed by atoms with E-state index in [-0.39, 0.29) is 6.04 Å². The molecule has 0 saturated carbocycles. The molecule has 0 bridgehead atoms. The molecule has 2 aromatic carbocycles. The fraction of sp³-hybridized carbons (Fsp3) is 0.200. The van der Waals surface area contributed by atoms with E-state index in [9.17, 15) is 8.78 Å². The van der Waals surface area contributed by atoms with E-state index in [1.165, 1.54) is 12.1 Å². The van der Waals surface area contributed by atoms with Crippen LogP contribution in [0.2, 0.25) is 5.02 Å². The van der Waals surface area contributed by atoms with Gasteiger partial charge in [0.15, 0.2) is 0 Å². The summed E-state index contributed by atoms with van der Waals surface area (Å²) in [7, 11) is 0. The zero-order valence-electron chi connectivity index (χ0n) is 10.8. The Hall–Kier alpha value is -0.970. The first kappa shape index (κ1) is 15.4. The molecule has 0 radical (unpaired) electrons. The SMILES string of the molecule is CCNC(c1cc(F)cc(F)c1)c1ccc(Cl)c(Br)c1. The molecule has 0 aliphatic heterocycles. The van der Waals surface area contributed by atoms with Gasteiger partial charge >= 0.3 is 0 Å². The lowest BCUT2D eigenvalue weighted by Crippen LogP contribution is -2.22. The molecule has 0 heterocycles. The molecule has 0 spiro atoms. The van der Waals surface area contributed by atoms with Crippen LogP contribution < -0.4 is 5.32 Å². The maximum absolute atomic E-state index is 13.4. The van der Waals surface area contributed by atoms with Crippen molar-refractivity contribution in [2.75, 3.05) is 6.54 Å². The molecule has 0 fully saturated rings. The van der Waals surface area contributed by atoms with Gasteiger partial charge in [0.05, 0.1) is 11.1 Å². The van der Waals surface area contributed by atoms with Crippen LogP contribution in [0.3, 0.4) is 0 Å². The molecule has 1 N–H and O–H groups in total. The van der Waals surface area contributed by atoms with Crippen molar-refractivity contribution < 1.29 is 8.78 Å². The van der Waals surface area contributed by atoms with E-state index in [0.29, 0.717) is 17.1 Å². The van der Waals surface area contributed by atoms with Gasteiger partial charge in [0.25, 0.3) is 0 Å². The van der Waals surface area contributed by atoms with Gasteiger partial charge in [-0.25, -0.2) is 8.78 Å². The van der Waals surface area contributed by atoms with Crippen molar-refractivity contribution in [3.05, 3.63) is 68.7 Å². The molecule has 0 aliphatic carbocycles. The second-order valence-corrected chi connectivity index (χ2v) is 5.63. The normalized spacial score (nSPS) is 12.4. The number of hydrogen-bond acceptors (Lipinski definition) is 1. The lowest BCUT2D eigenvalue weighted by Gasteiger charge is -2.19. The van der Waals surface area contributed by atoms with E-state index in [2.05, 4.69) is 21.2 Å². The summed E-state index contributed by atoms with van der Waals surface area (Å²) in [6.45, 7) is 2.61. The topological polar surface area (TPSA) is 12.0 Å². The van der Waals surface area contributed by atoms with Crippen molar-refractivity contribution >= 4 is 27.5 Å². The van der Waals surface area contributed by atoms with Gasteiger partial charge < -0.3 is 5.32 Å². The van der Waals surface area contributed by atoms with Gasteiger partial charge in [0.2, 0.25) is 0 Å². The zero-order chi connectivity index (χ0) is 14.7. The molecule has 1 atom stereocenters. The highest BCUT2D eigenvalue weighted by Gasteiger charge is 2.16. The molecule has 1 nitrogen and oxygen atoms in total. The summed E-state index contributed by atoms with van der Waals surface area (Å²) < 4.78 is 27.5. The number of hydrogen-bond donors (Lipinski definition) is 1. The van der Waals surface area contributed by atoms with Crippen LogP contribution in [0.4, 0.5) is 8.78 Å². The highest BCUT2D eigenvalue weighted by Crippen LogP contribution is 2.29. The predicted octanol–water partition coefficient (Wildman–Crippen LogP) is 5.08. The Kier molecular flexibility index (Phi) is 5.13. The van der Waals surface area contributed by atoms with Crippen molar-refractivity contribution in [1.29, 1.82) is 0 Å². The smallest absolute Gasteiger partial charge is 0.126 e. The van der Waals surface area contributed by atoms with Crippen LogP contribution in [0.5, 0.6) is 0 Å². The Balaban J connectivity index is 2.46. The molecule has 2 rings (SSSR count). The summed E-state index contributed by atoms with van der Waals surface area (Å²) >= 11 is 9.33. The van der Waals surface area contributed by atoms with E-state index in [4.69, 9.17) is 11.6 Å². The molecule has 20 heavy (non-hydrogen) atoms. The van der Waals surface area contributed by atoms with Crippen molar-refractivity contribution in [3.63, 3.8) is 0 Å². The Morgan fingerprint density at radius 2 is 1.75 bits per heavy atom. The molecular weight excluding hydrogens is 348 g/mol. The van der Waals surface area contributed by atoms with Crippen LogP contribution in [0.15, 0.2) is 40.9 Å². The van der Waals surface area contributed by atoms with Gasteiger partial charge in [-0.1, -0.05) is 24.6 Å². The first-order valence-electron chi connectivity index (χ1n) is 6.15. The largest absolute Gasteiger partial charge is 0.307 e. The molecular formula is C15H13BrClF2N. The monoisotopic (exact) mass is 359 g/mol. The van der Waals surface area contributed by atoms with E-state index in [1.807, 2.05) is 19.1 Å². The van der Waals surface area contributed by atoms with Gasteiger partial charge in [-0.2, -0.15) is 0 Å². The van der Waals surface area contributed by atoms with Crippen LogP contribution in [0.25, 0.3) is 0 Å². The van der Waals surface area contributed by atoms with E-state index >= 15 is 0 Å². The first-order valence-corrected chi connectivity index (χ1v) is 7.32. The summed E-state index contributed by atoms with van der Waals surface area (Å²) in [6, 6.07) is 8.67. The second kappa shape index (κ2) is 6.66. The maximum Gasteiger partial charge on any atom is 0.126 e. The lowest BCUT2D eigenvalue weighted by molar-refractivity contribution is 0.565. The van der Waals surface area contributed by atoms with E-state index in [1.54, 1.807) is 6.07 Å². The molecule has 0 amide bonds. The fourth-order valence-electron chi connectivity index (χ4n) is 2.07. The number of rotatable bonds is 4. The third-order valence-electron chi connectivity index (χ3n) is 2.90. The third-order valence-corrected chi connectivity index (χ3v) is 4.12. The highest BCUT2D eigenvalue weighted by atomic mass is 79.9. The van der Waals surface area contributed by atoms with E-state index in [0.717, 1.165) is 16.1 Å². The number of benzene rings is 2. The quantitative estimate of drug-likeness (QED) is 0.802. The van der Waals surface area contributed by atoms with Crippen LogP contribution >= 0.6 is 27.5 Å². The number of halogens is 4. The van der Waals surface area contributed by atoms with Gasteiger partial charge in [-0.05, 0) is 57.9 Å². The van der Waals surface area contributed by atoms with Gasteiger partial charge in [0, 0.05) is 10.5 Å². The fourth-order valence-corrected chi connectivity index (χ4v) is 2.58. The van der Waals surface area contributed by atoms with Crippen LogP contribution in [-0.4, -0.2) is 6.54 Å². The van der Waals surface area contributed by atoms with Crippen molar-refractivity contribution in [1.82, 2.24) is 5.32 Å². The summed E-state index contributed by atoms with van der Waals surface area (Å²) in [5.41, 5.74) is 1.42. The second-order valence-electron chi connectivity index (χ2n) is 4.37. The van der Waals surface area contributed by atoms with Gasteiger partial charge in [-0.3, -0.25) is 0 Å². The predicted molar refractivity (Wildman–Crippen MR) is 81.0 cm³/mol. The Bertz CT molecular complexity index is 599. The number of nitrogens with one attached hydrogen (secondary N) is 1. The zero-order valence-corrected chi connectivity index (χ0v) is 13.1. The van der Waals surface area contributed by atoms with Crippen molar-refractivity contribution in [2.24, 2.45) is 0 Å². The minimum Gasteiger partial charge on any atom is -0.307 e. The molecule has 106 valence electrons. The Labute approximate surface area is 130 Å². The summed E-state index contributed by atoms with van der Waals surface area (Å²) in [5, 5.41) is 3.81. The highest BCUT2D eigenvalue weighted by molar-refractivity contribution is 9.10. The summed E-state index contributed by atoms with van der Waals surface area (Å²) in [6.07, 6.45) is 0. The molecule has 0 aromatic heterocycles. The average Bonchev–Trinajstić information content (AvgIpc) is 2.38. The third kappa shape index (κ3) is 3.57. The summed E-state index contributed by atoms with van der Waals surface area (Å²) in [4.78, 5) is 0. The molecule has 5 heteroatoms. The first-order chi connectivity index (χ1) is 9.51. The van der Waals surface area contributed by atoms with Crippen molar-refractivity contribution in [2.45, 2.75) is 13.0 Å². The maximum atomic E-state index is 13.4. The minimum atomic E-state index is -0.587. The minimum absolute atomic E-state index is 0.293. The lowest BCUT2D eigenvalue weighted by atomic mass is 9.98. The molecule has 1 unspecified atom stereocenters. The Morgan fingerprint density at radius 3 is 2.30 bits per heavy atom. The molecule has 0 saturated heterocycles. The Morgan fingerprint density at radius 1 is 1.10 bits per heavy atom. The van der Waals surface area contributed by atoms with Crippen LogP contribution in [0, 0.1) is 11.6 Å². The van der Waals surface area contributed by atoms with Crippen molar-refractivity contribution in [3.8, 4) is 0 Å². The molecule has 0 aliphatic rings. The summed E-state index contributed by atoms with van der Waals surface area (Å²) in [5.74, 6) is -1.17. The van der Waals surface area contributed by atoms with Crippen LogP contribution in [-0.2, 0) is 0 Å². The van der Waals surface area contributed by atoms with Crippen LogP contribution in [0.1, 0.15) is 24.1 Å². The average molecular weight is 361 g/mol. The van der Waals surface area contributed by atoms with Gasteiger partial charge in [-0.15, -0.1) is 0 Å². The standard InChI is InChI=1S/C15H13BrClF2N/c1-2-20-15(9-3-4-14(17)13(16)7-9)10-5-11(18)8-12(19)6-10/h3-8,15,20H,2H2,1H3. The van der Waals surface area contributed by atoms with E-state index < -0.39 is 11.6 Å². The molecule has 2 aromatic rings.